The third-order valence-electron chi connectivity index (χ3n) is 5.47. The average Bonchev–Trinajstić information content (AvgIpc) is 3.32. The van der Waals surface area contributed by atoms with Gasteiger partial charge in [-0.15, -0.1) is 0 Å². The molecule has 4 rings (SSSR count). The van der Waals surface area contributed by atoms with Crippen molar-refractivity contribution in [2.24, 2.45) is 22.9 Å². The Bertz CT molecular complexity index is 790. The van der Waals surface area contributed by atoms with Crippen LogP contribution >= 0.6 is 0 Å². The number of hydrogen-bond donors (Lipinski definition) is 2. The van der Waals surface area contributed by atoms with E-state index >= 15 is 0 Å². The van der Waals surface area contributed by atoms with Gasteiger partial charge in [0.25, 0.3) is 5.91 Å². The van der Waals surface area contributed by atoms with Gasteiger partial charge in [-0.05, 0) is 35.8 Å². The number of aliphatic hydroxyl groups is 1. The Hall–Kier alpha value is -2.72. The fraction of sp³-hybridized carbons (Fsp3) is 0.273. The minimum Gasteiger partial charge on any atom is -0.372 e. The SMILES string of the molecule is O=C(N/N=C\C1CC2C=CC1C2)C(O)(c1ccccc1)c1ccccc1. The lowest BCUT2D eigenvalue weighted by Gasteiger charge is -2.27. The Morgan fingerprint density at radius 3 is 2.12 bits per heavy atom. The third kappa shape index (κ3) is 2.97. The minimum absolute atomic E-state index is 0.367. The maximum Gasteiger partial charge on any atom is 0.281 e. The van der Waals surface area contributed by atoms with Crippen LogP contribution in [0.15, 0.2) is 77.9 Å². The van der Waals surface area contributed by atoms with E-state index in [0.29, 0.717) is 28.9 Å². The first-order valence-electron chi connectivity index (χ1n) is 9.03. The van der Waals surface area contributed by atoms with Crippen LogP contribution in [0.3, 0.4) is 0 Å². The van der Waals surface area contributed by atoms with Crippen molar-refractivity contribution in [3.63, 3.8) is 0 Å². The topological polar surface area (TPSA) is 61.7 Å². The number of rotatable bonds is 5. The number of hydrazone groups is 1. The molecule has 2 N–H and O–H groups in total. The predicted molar refractivity (Wildman–Crippen MR) is 101 cm³/mol. The number of hydrogen-bond acceptors (Lipinski definition) is 3. The van der Waals surface area contributed by atoms with Gasteiger partial charge in [-0.3, -0.25) is 4.79 Å². The van der Waals surface area contributed by atoms with Gasteiger partial charge in [0, 0.05) is 12.1 Å². The molecule has 1 amide bonds. The van der Waals surface area contributed by atoms with E-state index in [1.165, 1.54) is 6.42 Å². The summed E-state index contributed by atoms with van der Waals surface area (Å²) in [5, 5.41) is 15.5. The van der Waals surface area contributed by atoms with Gasteiger partial charge in [-0.25, -0.2) is 5.43 Å². The van der Waals surface area contributed by atoms with Crippen molar-refractivity contribution >= 4 is 12.1 Å². The molecule has 4 nitrogen and oxygen atoms in total. The Balaban J connectivity index is 1.56. The number of fused-ring (bicyclic) bond motifs is 2. The summed E-state index contributed by atoms with van der Waals surface area (Å²) in [7, 11) is 0. The molecule has 1 fully saturated rings. The van der Waals surface area contributed by atoms with Crippen molar-refractivity contribution in [2.45, 2.75) is 18.4 Å². The summed E-state index contributed by atoms with van der Waals surface area (Å²) in [5.74, 6) is 0.997. The summed E-state index contributed by atoms with van der Waals surface area (Å²) < 4.78 is 0. The van der Waals surface area contributed by atoms with Crippen LogP contribution in [0.5, 0.6) is 0 Å². The van der Waals surface area contributed by atoms with E-state index in [2.05, 4.69) is 22.7 Å². The molecule has 0 saturated heterocycles. The Morgan fingerprint density at radius 2 is 1.62 bits per heavy atom. The van der Waals surface area contributed by atoms with E-state index in [4.69, 9.17) is 0 Å². The summed E-state index contributed by atoms with van der Waals surface area (Å²) in [4.78, 5) is 12.9. The zero-order chi connectivity index (χ0) is 18.0. The van der Waals surface area contributed by atoms with E-state index in [9.17, 15) is 9.90 Å². The molecule has 0 aromatic heterocycles. The van der Waals surface area contributed by atoms with Gasteiger partial charge in [-0.1, -0.05) is 72.8 Å². The molecule has 26 heavy (non-hydrogen) atoms. The van der Waals surface area contributed by atoms with Crippen molar-refractivity contribution in [1.29, 1.82) is 0 Å². The summed E-state index contributed by atoms with van der Waals surface area (Å²) >= 11 is 0. The van der Waals surface area contributed by atoms with E-state index in [0.717, 1.165) is 6.42 Å². The summed E-state index contributed by atoms with van der Waals surface area (Å²) in [6.45, 7) is 0. The lowest BCUT2D eigenvalue weighted by atomic mass is 9.85. The Labute approximate surface area is 153 Å². The highest BCUT2D eigenvalue weighted by Gasteiger charge is 2.40. The smallest absolute Gasteiger partial charge is 0.281 e. The van der Waals surface area contributed by atoms with Crippen molar-refractivity contribution < 1.29 is 9.90 Å². The van der Waals surface area contributed by atoms with Crippen LogP contribution in [-0.4, -0.2) is 17.2 Å². The fourth-order valence-corrected chi connectivity index (χ4v) is 4.05. The normalized spacial score (nSPS) is 24.3. The molecule has 1 saturated carbocycles. The van der Waals surface area contributed by atoms with Crippen LogP contribution in [0.4, 0.5) is 0 Å². The van der Waals surface area contributed by atoms with Gasteiger partial charge in [0.15, 0.2) is 5.60 Å². The van der Waals surface area contributed by atoms with Crippen LogP contribution in [0.1, 0.15) is 24.0 Å². The predicted octanol–water partition coefficient (Wildman–Crippen LogP) is 3.24. The Morgan fingerprint density at radius 1 is 1.00 bits per heavy atom. The minimum atomic E-state index is -1.78. The molecule has 2 bridgehead atoms. The van der Waals surface area contributed by atoms with Gasteiger partial charge in [0.05, 0.1) is 0 Å². The van der Waals surface area contributed by atoms with E-state index < -0.39 is 11.5 Å². The van der Waals surface area contributed by atoms with Crippen LogP contribution in [0.25, 0.3) is 0 Å². The molecule has 4 heteroatoms. The zero-order valence-corrected chi connectivity index (χ0v) is 14.5. The lowest BCUT2D eigenvalue weighted by Crippen LogP contribution is -2.43. The van der Waals surface area contributed by atoms with Gasteiger partial charge in [-0.2, -0.15) is 5.10 Å². The first-order valence-corrected chi connectivity index (χ1v) is 9.03. The molecule has 2 aliphatic carbocycles. The number of benzene rings is 2. The first kappa shape index (κ1) is 16.7. The summed E-state index contributed by atoms with van der Waals surface area (Å²) in [5.41, 5.74) is 1.81. The van der Waals surface area contributed by atoms with Crippen molar-refractivity contribution in [3.05, 3.63) is 83.9 Å². The largest absolute Gasteiger partial charge is 0.372 e. The molecular formula is C22H22N2O2. The quantitative estimate of drug-likeness (QED) is 0.496. The molecule has 2 aromatic rings. The number of carbonyl (C=O) groups excluding carboxylic acids is 1. The number of nitrogens with one attached hydrogen (secondary N) is 1. The monoisotopic (exact) mass is 346 g/mol. The number of allylic oxidation sites excluding steroid dienone is 2. The van der Waals surface area contributed by atoms with Gasteiger partial charge < -0.3 is 5.11 Å². The molecule has 2 aliphatic rings. The second-order valence-corrected chi connectivity index (χ2v) is 7.11. The highest BCUT2D eigenvalue weighted by atomic mass is 16.3. The standard InChI is InChI=1S/C22H22N2O2/c25-21(24-23-15-18-14-16-11-12-17(18)13-16)22(26,19-7-3-1-4-8-19)20-9-5-2-6-10-20/h1-12,15-18,26H,13-14H2,(H,24,25)/b23-15-. The maximum atomic E-state index is 12.9. The highest BCUT2D eigenvalue weighted by molar-refractivity contribution is 5.90. The van der Waals surface area contributed by atoms with Gasteiger partial charge in [0.2, 0.25) is 0 Å². The van der Waals surface area contributed by atoms with E-state index in [-0.39, 0.29) is 0 Å². The average molecular weight is 346 g/mol. The zero-order valence-electron chi connectivity index (χ0n) is 14.5. The van der Waals surface area contributed by atoms with E-state index in [1.807, 2.05) is 18.3 Å². The van der Waals surface area contributed by atoms with Crippen molar-refractivity contribution in [3.8, 4) is 0 Å². The molecule has 2 aromatic carbocycles. The number of amides is 1. The molecule has 3 atom stereocenters. The third-order valence-corrected chi connectivity index (χ3v) is 5.47. The van der Waals surface area contributed by atoms with Crippen LogP contribution in [-0.2, 0) is 10.4 Å². The first-order chi connectivity index (χ1) is 12.7. The molecule has 0 heterocycles. The molecule has 0 aliphatic heterocycles. The lowest BCUT2D eigenvalue weighted by molar-refractivity contribution is -0.136. The summed E-state index contributed by atoms with van der Waals surface area (Å²) in [6.07, 6.45) is 8.61. The fourth-order valence-electron chi connectivity index (χ4n) is 4.05. The maximum absolute atomic E-state index is 12.9. The number of carbonyl (C=O) groups is 1. The highest BCUT2D eigenvalue weighted by Crippen LogP contribution is 2.42. The van der Waals surface area contributed by atoms with E-state index in [1.54, 1.807) is 48.5 Å². The van der Waals surface area contributed by atoms with Gasteiger partial charge in [0.1, 0.15) is 0 Å². The van der Waals surface area contributed by atoms with Crippen molar-refractivity contribution in [1.82, 2.24) is 5.43 Å². The Kier molecular flexibility index (Phi) is 4.43. The second-order valence-electron chi connectivity index (χ2n) is 7.11. The number of nitrogens with zero attached hydrogens (tertiary/aromatic N) is 1. The molecule has 132 valence electrons. The second kappa shape index (κ2) is 6.89. The van der Waals surface area contributed by atoms with Crippen LogP contribution < -0.4 is 5.43 Å². The molecular weight excluding hydrogens is 324 g/mol. The molecule has 3 unspecified atom stereocenters. The van der Waals surface area contributed by atoms with Crippen LogP contribution in [0.2, 0.25) is 0 Å². The van der Waals surface area contributed by atoms with Crippen LogP contribution in [0, 0.1) is 17.8 Å². The molecule has 0 radical (unpaired) electrons. The van der Waals surface area contributed by atoms with Gasteiger partial charge >= 0.3 is 0 Å². The summed E-state index contributed by atoms with van der Waals surface area (Å²) in [6, 6.07) is 17.9. The molecule has 0 spiro atoms. The van der Waals surface area contributed by atoms with Crippen molar-refractivity contribution in [2.75, 3.05) is 0 Å².